The van der Waals surface area contributed by atoms with Crippen molar-refractivity contribution in [3.8, 4) is 17.1 Å². The van der Waals surface area contributed by atoms with E-state index in [9.17, 15) is 9.59 Å². The van der Waals surface area contributed by atoms with Gasteiger partial charge in [-0.2, -0.15) is 0 Å². The van der Waals surface area contributed by atoms with Gasteiger partial charge in [-0.1, -0.05) is 0 Å². The van der Waals surface area contributed by atoms with Crippen LogP contribution in [0.5, 0.6) is 5.75 Å². The molecule has 0 aliphatic carbocycles. The van der Waals surface area contributed by atoms with Gasteiger partial charge in [0.05, 0.1) is 13.7 Å². The summed E-state index contributed by atoms with van der Waals surface area (Å²) in [6.07, 6.45) is -0.532. The Morgan fingerprint density at radius 2 is 1.79 bits per heavy atom. The van der Waals surface area contributed by atoms with Crippen LogP contribution >= 0.6 is 0 Å². The number of methoxy groups -OCH3 is 2. The molecule has 2 aliphatic heterocycles. The molecule has 2 aromatic rings. The van der Waals surface area contributed by atoms with Gasteiger partial charge in [-0.25, -0.2) is 4.79 Å². The number of anilines is 1. The van der Waals surface area contributed by atoms with Crippen LogP contribution in [0.25, 0.3) is 11.4 Å². The van der Waals surface area contributed by atoms with E-state index in [1.165, 1.54) is 7.05 Å². The monoisotopic (exact) mass is 386 g/mol. The molecule has 3 heterocycles. The Kier molecular flexibility index (Phi) is 4.42. The van der Waals surface area contributed by atoms with Crippen LogP contribution < -0.4 is 9.64 Å². The smallest absolute Gasteiger partial charge is 0.327 e. The highest BCUT2D eigenvalue weighted by Crippen LogP contribution is 2.42. The molecule has 4 rings (SSSR count). The van der Waals surface area contributed by atoms with E-state index in [1.54, 1.807) is 26.2 Å². The van der Waals surface area contributed by atoms with Crippen molar-refractivity contribution in [1.29, 1.82) is 0 Å². The van der Waals surface area contributed by atoms with Gasteiger partial charge in [-0.05, 0) is 24.3 Å². The van der Waals surface area contributed by atoms with Crippen LogP contribution in [0.3, 0.4) is 0 Å². The van der Waals surface area contributed by atoms with Crippen LogP contribution in [0.2, 0.25) is 0 Å². The van der Waals surface area contributed by atoms with Crippen molar-refractivity contribution in [2.45, 2.75) is 12.2 Å². The van der Waals surface area contributed by atoms with Crippen molar-refractivity contribution < 1.29 is 19.1 Å². The number of hydrogen-bond acceptors (Lipinski definition) is 7. The van der Waals surface area contributed by atoms with Gasteiger partial charge in [0.2, 0.25) is 5.95 Å². The first-order valence-corrected chi connectivity index (χ1v) is 8.89. The Morgan fingerprint density at radius 1 is 1.07 bits per heavy atom. The lowest BCUT2D eigenvalue weighted by molar-refractivity contribution is -0.133. The zero-order valence-corrected chi connectivity index (χ0v) is 16.2. The van der Waals surface area contributed by atoms with Crippen molar-refractivity contribution in [3.05, 3.63) is 24.3 Å². The highest BCUT2D eigenvalue weighted by atomic mass is 16.5. The van der Waals surface area contributed by atoms with Crippen molar-refractivity contribution in [2.75, 3.05) is 46.4 Å². The summed E-state index contributed by atoms with van der Waals surface area (Å²) in [5.41, 5.74) is 0.819. The number of carbonyl (C=O) groups is 2. The number of rotatable bonds is 5. The SMILES string of the molecule is COCCN1c2nnc(-c3ccc(OC)cc3)n2C2C1C(=O)N(C)C(=O)N2C. The summed E-state index contributed by atoms with van der Waals surface area (Å²) in [6, 6.07) is 6.48. The minimum atomic E-state index is -0.578. The summed E-state index contributed by atoms with van der Waals surface area (Å²) in [5.74, 6) is 1.59. The maximum absolute atomic E-state index is 13.0. The van der Waals surface area contributed by atoms with Gasteiger partial charge in [0.1, 0.15) is 11.9 Å². The number of nitrogens with zero attached hydrogens (tertiary/aromatic N) is 6. The number of imide groups is 1. The van der Waals surface area contributed by atoms with E-state index in [-0.39, 0.29) is 11.9 Å². The largest absolute Gasteiger partial charge is 0.497 e. The Labute approximate surface area is 162 Å². The minimum absolute atomic E-state index is 0.268. The fourth-order valence-electron chi connectivity index (χ4n) is 3.80. The maximum atomic E-state index is 13.0. The first-order chi connectivity index (χ1) is 13.5. The van der Waals surface area contributed by atoms with E-state index in [0.717, 1.165) is 16.2 Å². The summed E-state index contributed by atoms with van der Waals surface area (Å²) in [6.45, 7) is 0.878. The van der Waals surface area contributed by atoms with Gasteiger partial charge >= 0.3 is 6.03 Å². The molecule has 148 valence electrons. The average Bonchev–Trinajstić information content (AvgIpc) is 3.27. The highest BCUT2D eigenvalue weighted by Gasteiger charge is 2.54. The van der Waals surface area contributed by atoms with E-state index in [2.05, 4.69) is 10.2 Å². The van der Waals surface area contributed by atoms with Crippen LogP contribution in [0.15, 0.2) is 24.3 Å². The van der Waals surface area contributed by atoms with Crippen LogP contribution in [0.4, 0.5) is 10.7 Å². The van der Waals surface area contributed by atoms with Gasteiger partial charge in [0, 0.05) is 33.3 Å². The number of aromatic nitrogens is 3. The number of ether oxygens (including phenoxy) is 2. The normalized spacial score (nSPS) is 21.2. The van der Waals surface area contributed by atoms with Crippen LogP contribution in [-0.4, -0.2) is 84.0 Å². The molecule has 0 N–H and O–H groups in total. The first kappa shape index (κ1) is 18.2. The molecule has 2 aliphatic rings. The molecular weight excluding hydrogens is 364 g/mol. The number of urea groups is 1. The Morgan fingerprint density at radius 3 is 2.43 bits per heavy atom. The van der Waals surface area contributed by atoms with Crippen molar-refractivity contribution in [3.63, 3.8) is 0 Å². The maximum Gasteiger partial charge on any atom is 0.327 e. The number of fused-ring (bicyclic) bond motifs is 3. The lowest BCUT2D eigenvalue weighted by Crippen LogP contribution is -2.61. The van der Waals surface area contributed by atoms with Crippen LogP contribution in [0.1, 0.15) is 6.17 Å². The second kappa shape index (κ2) is 6.79. The molecule has 0 spiro atoms. The van der Waals surface area contributed by atoms with Crippen molar-refractivity contribution in [2.24, 2.45) is 0 Å². The molecule has 1 fully saturated rings. The fourth-order valence-corrected chi connectivity index (χ4v) is 3.80. The zero-order valence-electron chi connectivity index (χ0n) is 16.2. The quantitative estimate of drug-likeness (QED) is 0.751. The van der Waals surface area contributed by atoms with E-state index in [1.807, 2.05) is 33.7 Å². The molecule has 1 aromatic heterocycles. The molecule has 0 saturated carbocycles. The Balaban J connectivity index is 1.83. The van der Waals surface area contributed by atoms with Gasteiger partial charge < -0.3 is 19.3 Å². The molecule has 1 aromatic carbocycles. The van der Waals surface area contributed by atoms with E-state index < -0.39 is 12.2 Å². The molecule has 2 unspecified atom stereocenters. The second-order valence-corrected chi connectivity index (χ2v) is 6.76. The third kappa shape index (κ3) is 2.52. The predicted molar refractivity (Wildman–Crippen MR) is 100.0 cm³/mol. The Bertz CT molecular complexity index is 911. The highest BCUT2D eigenvalue weighted by molar-refractivity contribution is 6.02. The number of amides is 3. The van der Waals surface area contributed by atoms with E-state index in [4.69, 9.17) is 9.47 Å². The summed E-state index contributed by atoms with van der Waals surface area (Å²) in [5, 5.41) is 8.68. The lowest BCUT2D eigenvalue weighted by atomic mass is 10.1. The van der Waals surface area contributed by atoms with Gasteiger partial charge in [0.25, 0.3) is 5.91 Å². The van der Waals surface area contributed by atoms with Gasteiger partial charge in [-0.15, -0.1) is 10.2 Å². The molecule has 28 heavy (non-hydrogen) atoms. The molecule has 2 atom stereocenters. The fraction of sp³-hybridized carbons (Fsp3) is 0.444. The lowest BCUT2D eigenvalue weighted by Gasteiger charge is -2.40. The minimum Gasteiger partial charge on any atom is -0.497 e. The first-order valence-electron chi connectivity index (χ1n) is 8.89. The summed E-state index contributed by atoms with van der Waals surface area (Å²) >= 11 is 0. The third-order valence-electron chi connectivity index (χ3n) is 5.27. The second-order valence-electron chi connectivity index (χ2n) is 6.76. The number of likely N-dealkylation sites (N-methyl/N-ethyl adjacent to an activating group) is 2. The molecule has 1 saturated heterocycles. The molecule has 10 nitrogen and oxygen atoms in total. The summed E-state index contributed by atoms with van der Waals surface area (Å²) in [4.78, 5) is 30.1. The summed E-state index contributed by atoms with van der Waals surface area (Å²) < 4.78 is 12.3. The Hall–Kier alpha value is -3.14. The van der Waals surface area contributed by atoms with Crippen LogP contribution in [0, 0.1) is 0 Å². The standard InChI is InChI=1S/C18H22N6O4/c1-21-15-13(16(25)22(2)18(21)26)23(9-10-27-3)17-20-19-14(24(15)17)11-5-7-12(28-4)8-6-11/h5-8,13,15H,9-10H2,1-4H3. The molecule has 3 amide bonds. The number of hydrogen-bond donors (Lipinski definition) is 0. The zero-order chi connectivity index (χ0) is 20.0. The molecule has 10 heteroatoms. The molecule has 0 radical (unpaired) electrons. The topological polar surface area (TPSA) is 93.0 Å². The third-order valence-corrected chi connectivity index (χ3v) is 5.27. The van der Waals surface area contributed by atoms with Gasteiger partial charge in [-0.3, -0.25) is 14.3 Å². The molecule has 0 bridgehead atoms. The van der Waals surface area contributed by atoms with Crippen LogP contribution in [-0.2, 0) is 9.53 Å². The van der Waals surface area contributed by atoms with Gasteiger partial charge in [0.15, 0.2) is 11.9 Å². The predicted octanol–water partition coefficient (Wildman–Crippen LogP) is 0.811. The summed E-state index contributed by atoms with van der Waals surface area (Å²) in [7, 11) is 6.39. The van der Waals surface area contributed by atoms with Crippen molar-refractivity contribution >= 4 is 17.9 Å². The van der Waals surface area contributed by atoms with E-state index in [0.29, 0.717) is 24.9 Å². The average molecular weight is 386 g/mol. The van der Waals surface area contributed by atoms with Crippen molar-refractivity contribution in [1.82, 2.24) is 24.6 Å². The molecular formula is C18H22N6O4. The number of benzene rings is 1. The van der Waals surface area contributed by atoms with E-state index >= 15 is 0 Å². The number of carbonyl (C=O) groups excluding carboxylic acids is 2.